The molecule has 1 aliphatic heterocycles. The van der Waals surface area contributed by atoms with Crippen LogP contribution in [0.1, 0.15) is 24.2 Å². The minimum atomic E-state index is -1.74. The summed E-state index contributed by atoms with van der Waals surface area (Å²) in [5, 5.41) is 14.3. The number of nitrogens with one attached hydrogen (secondary N) is 2. The molecule has 5 amide bonds. The summed E-state index contributed by atoms with van der Waals surface area (Å²) in [6, 6.07) is 27.1. The number of carbonyl (C=O) groups excluding carboxylic acids is 4. The molecule has 0 radical (unpaired) electrons. The Kier molecular flexibility index (Phi) is 8.89. The molecular formula is C34H31N5O6. The smallest absolute Gasteiger partial charge is 0.335 e. The minimum absolute atomic E-state index is 0.0575. The lowest BCUT2D eigenvalue weighted by molar-refractivity contribution is -0.129. The number of hydrogen-bond donors (Lipinski definition) is 3. The van der Waals surface area contributed by atoms with Gasteiger partial charge in [0.25, 0.3) is 11.8 Å². The van der Waals surface area contributed by atoms with Gasteiger partial charge in [0.1, 0.15) is 6.54 Å². The van der Waals surface area contributed by atoms with Gasteiger partial charge in [0.2, 0.25) is 5.91 Å². The molecule has 1 aliphatic rings. The lowest BCUT2D eigenvalue weighted by Gasteiger charge is -2.31. The van der Waals surface area contributed by atoms with Crippen molar-refractivity contribution in [1.82, 2.24) is 5.32 Å². The standard InChI is InChI=1S/C34H31N5O6/c1-22(2)38(25-14-5-3-6-15-25)29(40)21-37-27-18-9-10-19-28(27)39(26-16-7-4-8-17-26)32(42)30(31(37)41)36-34(45)35-24-13-11-12-23(20-24)33(43)44/h3-20,22,30H,21H2,1-2H3,(H,43,44)(H2,35,36,45). The fourth-order valence-corrected chi connectivity index (χ4v) is 5.20. The zero-order valence-electron chi connectivity index (χ0n) is 24.6. The molecule has 45 heavy (non-hydrogen) atoms. The molecular weight excluding hydrogens is 574 g/mol. The van der Waals surface area contributed by atoms with E-state index < -0.39 is 42.3 Å². The topological polar surface area (TPSA) is 139 Å². The van der Waals surface area contributed by atoms with Crippen LogP contribution in [0, 0.1) is 0 Å². The molecule has 1 atom stereocenters. The van der Waals surface area contributed by atoms with Crippen LogP contribution < -0.4 is 25.3 Å². The monoisotopic (exact) mass is 605 g/mol. The highest BCUT2D eigenvalue weighted by Crippen LogP contribution is 2.38. The fourth-order valence-electron chi connectivity index (χ4n) is 5.20. The summed E-state index contributed by atoms with van der Waals surface area (Å²) >= 11 is 0. The summed E-state index contributed by atoms with van der Waals surface area (Å²) in [5.41, 5.74) is 1.84. The van der Waals surface area contributed by atoms with E-state index in [2.05, 4.69) is 10.6 Å². The van der Waals surface area contributed by atoms with Crippen LogP contribution in [0.25, 0.3) is 0 Å². The van der Waals surface area contributed by atoms with Crippen LogP contribution in [0.3, 0.4) is 0 Å². The molecule has 5 rings (SSSR count). The van der Waals surface area contributed by atoms with E-state index in [9.17, 15) is 29.1 Å². The molecule has 11 nitrogen and oxygen atoms in total. The Hall–Kier alpha value is -5.97. The van der Waals surface area contributed by atoms with Gasteiger partial charge < -0.3 is 20.6 Å². The Balaban J connectivity index is 1.54. The number of fused-ring (bicyclic) bond motifs is 1. The lowest BCUT2D eigenvalue weighted by Crippen LogP contribution is -2.57. The van der Waals surface area contributed by atoms with E-state index in [-0.39, 0.29) is 17.3 Å². The van der Waals surface area contributed by atoms with Crippen molar-refractivity contribution in [3.63, 3.8) is 0 Å². The van der Waals surface area contributed by atoms with Crippen LogP contribution in [0.2, 0.25) is 0 Å². The van der Waals surface area contributed by atoms with E-state index in [1.807, 2.05) is 32.0 Å². The molecule has 1 heterocycles. The van der Waals surface area contributed by atoms with Crippen molar-refractivity contribution in [2.24, 2.45) is 0 Å². The first kappa shape index (κ1) is 30.5. The molecule has 0 saturated carbocycles. The normalized spacial score (nSPS) is 14.4. The summed E-state index contributed by atoms with van der Waals surface area (Å²) in [7, 11) is 0. The van der Waals surface area contributed by atoms with E-state index in [1.165, 1.54) is 34.1 Å². The quantitative estimate of drug-likeness (QED) is 0.241. The van der Waals surface area contributed by atoms with Crippen molar-refractivity contribution in [3.05, 3.63) is 115 Å². The van der Waals surface area contributed by atoms with Crippen LogP contribution in [0.15, 0.2) is 109 Å². The number of anilines is 5. The molecule has 4 aromatic rings. The largest absolute Gasteiger partial charge is 0.478 e. The second kappa shape index (κ2) is 13.1. The third kappa shape index (κ3) is 6.52. The Morgan fingerprint density at radius 1 is 0.800 bits per heavy atom. The number of carbonyl (C=O) groups is 5. The van der Waals surface area contributed by atoms with Gasteiger partial charge in [0, 0.05) is 23.1 Å². The lowest BCUT2D eigenvalue weighted by atomic mass is 10.2. The maximum atomic E-state index is 14.3. The number of aromatic carboxylic acids is 1. The SMILES string of the molecule is CC(C)N(C(=O)CN1C(=O)C(NC(=O)Nc2cccc(C(=O)O)c2)C(=O)N(c2ccccc2)c2ccccc21)c1ccccc1. The molecule has 0 aliphatic carbocycles. The first-order chi connectivity index (χ1) is 21.7. The predicted molar refractivity (Wildman–Crippen MR) is 171 cm³/mol. The van der Waals surface area contributed by atoms with E-state index in [0.717, 1.165) is 0 Å². The van der Waals surface area contributed by atoms with Crippen LogP contribution >= 0.6 is 0 Å². The minimum Gasteiger partial charge on any atom is -0.478 e. The maximum Gasteiger partial charge on any atom is 0.335 e. The Labute approximate surface area is 259 Å². The number of nitrogens with zero attached hydrogens (tertiary/aromatic N) is 3. The van der Waals surface area contributed by atoms with E-state index in [0.29, 0.717) is 22.7 Å². The van der Waals surface area contributed by atoms with Crippen LogP contribution in [-0.4, -0.2) is 53.5 Å². The van der Waals surface area contributed by atoms with E-state index in [4.69, 9.17) is 0 Å². The average Bonchev–Trinajstić information content (AvgIpc) is 3.11. The molecule has 0 fully saturated rings. The molecule has 1 unspecified atom stereocenters. The first-order valence-corrected chi connectivity index (χ1v) is 14.2. The highest BCUT2D eigenvalue weighted by atomic mass is 16.4. The highest BCUT2D eigenvalue weighted by molar-refractivity contribution is 6.25. The number of para-hydroxylation sites is 4. The Bertz CT molecular complexity index is 1740. The number of urea groups is 1. The van der Waals surface area contributed by atoms with Crippen molar-refractivity contribution in [2.75, 3.05) is 26.6 Å². The average molecular weight is 606 g/mol. The van der Waals surface area contributed by atoms with Crippen LogP contribution in [-0.2, 0) is 14.4 Å². The summed E-state index contributed by atoms with van der Waals surface area (Å²) in [5.74, 6) is -3.14. The van der Waals surface area contributed by atoms with Gasteiger partial charge in [-0.05, 0) is 68.4 Å². The molecule has 11 heteroatoms. The van der Waals surface area contributed by atoms with Crippen LogP contribution in [0.4, 0.5) is 33.2 Å². The summed E-state index contributed by atoms with van der Waals surface area (Å²) in [6.45, 7) is 3.30. The molecule has 4 aromatic carbocycles. The van der Waals surface area contributed by atoms with Crippen molar-refractivity contribution in [3.8, 4) is 0 Å². The number of rotatable bonds is 8. The van der Waals surface area contributed by atoms with Crippen molar-refractivity contribution < 1.29 is 29.1 Å². The van der Waals surface area contributed by atoms with Crippen molar-refractivity contribution in [2.45, 2.75) is 25.9 Å². The molecule has 0 spiro atoms. The molecule has 0 saturated heterocycles. The van der Waals surface area contributed by atoms with Gasteiger partial charge in [-0.2, -0.15) is 0 Å². The number of carboxylic acid groups (broad SMARTS) is 1. The van der Waals surface area contributed by atoms with Gasteiger partial charge in [-0.25, -0.2) is 9.59 Å². The van der Waals surface area contributed by atoms with E-state index in [1.54, 1.807) is 71.6 Å². The predicted octanol–water partition coefficient (Wildman–Crippen LogP) is 5.03. The molecule has 0 aromatic heterocycles. The fraction of sp³-hybridized carbons (Fsp3) is 0.147. The second-order valence-electron chi connectivity index (χ2n) is 10.5. The highest BCUT2D eigenvalue weighted by Gasteiger charge is 2.43. The third-order valence-electron chi connectivity index (χ3n) is 7.16. The van der Waals surface area contributed by atoms with Crippen molar-refractivity contribution >= 4 is 58.2 Å². The number of carboxylic acids is 1. The molecule has 3 N–H and O–H groups in total. The third-order valence-corrected chi connectivity index (χ3v) is 7.16. The van der Waals surface area contributed by atoms with Gasteiger partial charge in [-0.1, -0.05) is 54.6 Å². The van der Waals surface area contributed by atoms with Gasteiger partial charge in [-0.3, -0.25) is 24.2 Å². The van der Waals surface area contributed by atoms with Gasteiger partial charge in [0.15, 0.2) is 6.04 Å². The molecule has 0 bridgehead atoms. The maximum absolute atomic E-state index is 14.3. The second-order valence-corrected chi connectivity index (χ2v) is 10.5. The zero-order chi connectivity index (χ0) is 32.1. The summed E-state index contributed by atoms with van der Waals surface area (Å²) in [4.78, 5) is 71.1. The first-order valence-electron chi connectivity index (χ1n) is 14.2. The summed E-state index contributed by atoms with van der Waals surface area (Å²) in [6.07, 6.45) is 0. The number of amides is 5. The number of benzene rings is 4. The van der Waals surface area contributed by atoms with Gasteiger partial charge in [0.05, 0.1) is 16.9 Å². The van der Waals surface area contributed by atoms with Crippen LogP contribution in [0.5, 0.6) is 0 Å². The summed E-state index contributed by atoms with van der Waals surface area (Å²) < 4.78 is 0. The molecule has 228 valence electrons. The van der Waals surface area contributed by atoms with Gasteiger partial charge >= 0.3 is 12.0 Å². The number of hydrogen-bond acceptors (Lipinski definition) is 5. The zero-order valence-corrected chi connectivity index (χ0v) is 24.6. The van der Waals surface area contributed by atoms with Crippen molar-refractivity contribution in [1.29, 1.82) is 0 Å². The Morgan fingerprint density at radius 3 is 2.07 bits per heavy atom. The van der Waals surface area contributed by atoms with Gasteiger partial charge in [-0.15, -0.1) is 0 Å². The van der Waals surface area contributed by atoms with E-state index >= 15 is 0 Å². The Morgan fingerprint density at radius 2 is 1.42 bits per heavy atom.